The lowest BCUT2D eigenvalue weighted by Crippen LogP contribution is -2.14. The van der Waals surface area contributed by atoms with Crippen LogP contribution in [0.5, 0.6) is 11.5 Å². The fraction of sp³-hybridized carbons (Fsp3) is 0.240. The molecular formula is C25H24INO6S. The van der Waals surface area contributed by atoms with Crippen molar-refractivity contribution < 1.29 is 28.9 Å². The van der Waals surface area contributed by atoms with Crippen LogP contribution >= 0.6 is 34.4 Å². The Hall–Kier alpha value is -2.79. The van der Waals surface area contributed by atoms with Crippen molar-refractivity contribution in [1.82, 2.24) is 0 Å². The lowest BCUT2D eigenvalue weighted by atomic mass is 10.1. The van der Waals surface area contributed by atoms with Gasteiger partial charge < -0.3 is 19.3 Å². The first-order chi connectivity index (χ1) is 16.4. The summed E-state index contributed by atoms with van der Waals surface area (Å²) in [5.74, 6) is -0.327. The van der Waals surface area contributed by atoms with Crippen molar-refractivity contribution in [2.24, 2.45) is 4.99 Å². The molecule has 2 aromatic carbocycles. The monoisotopic (exact) mass is 593 g/mol. The van der Waals surface area contributed by atoms with E-state index in [4.69, 9.17) is 14.2 Å². The highest BCUT2D eigenvalue weighted by Crippen LogP contribution is 2.41. The van der Waals surface area contributed by atoms with E-state index in [0.717, 1.165) is 20.9 Å². The summed E-state index contributed by atoms with van der Waals surface area (Å²) in [6.07, 6.45) is 1.70. The number of esters is 1. The van der Waals surface area contributed by atoms with E-state index >= 15 is 0 Å². The predicted octanol–water partition coefficient (Wildman–Crippen LogP) is 5.79. The Labute approximate surface area is 216 Å². The molecule has 0 unspecified atom stereocenters. The van der Waals surface area contributed by atoms with Crippen molar-refractivity contribution in [2.75, 3.05) is 19.8 Å². The first kappa shape index (κ1) is 25.8. The normalized spacial score (nSPS) is 15.6. The predicted molar refractivity (Wildman–Crippen MR) is 142 cm³/mol. The molecule has 178 valence electrons. The van der Waals surface area contributed by atoms with Gasteiger partial charge in [0.2, 0.25) is 0 Å². The van der Waals surface area contributed by atoms with Crippen molar-refractivity contribution >= 4 is 57.3 Å². The van der Waals surface area contributed by atoms with Crippen LogP contribution in [0.15, 0.2) is 63.7 Å². The van der Waals surface area contributed by atoms with Gasteiger partial charge in [0, 0.05) is 5.56 Å². The van der Waals surface area contributed by atoms with E-state index in [2.05, 4.69) is 27.6 Å². The molecule has 0 bridgehead atoms. The van der Waals surface area contributed by atoms with Crippen LogP contribution in [-0.2, 0) is 9.53 Å². The highest BCUT2D eigenvalue weighted by atomic mass is 127. The van der Waals surface area contributed by atoms with Gasteiger partial charge >= 0.3 is 5.97 Å². The van der Waals surface area contributed by atoms with Crippen LogP contribution in [0.3, 0.4) is 0 Å². The first-order valence-corrected chi connectivity index (χ1v) is 12.6. The third-order valence-electron chi connectivity index (χ3n) is 4.51. The van der Waals surface area contributed by atoms with Crippen LogP contribution < -0.4 is 9.47 Å². The zero-order valence-corrected chi connectivity index (χ0v) is 21.9. The number of amides is 1. The lowest BCUT2D eigenvalue weighted by molar-refractivity contribution is -0.138. The number of aliphatic hydroxyl groups excluding tert-OH is 1. The number of ether oxygens (including phenoxy) is 3. The number of benzene rings is 2. The third kappa shape index (κ3) is 6.01. The van der Waals surface area contributed by atoms with E-state index in [1.54, 1.807) is 49.4 Å². The molecule has 1 aliphatic rings. The van der Waals surface area contributed by atoms with Crippen LogP contribution in [0.2, 0.25) is 0 Å². The van der Waals surface area contributed by atoms with E-state index < -0.39 is 11.9 Å². The maximum atomic E-state index is 12.7. The maximum Gasteiger partial charge on any atom is 0.344 e. The summed E-state index contributed by atoms with van der Waals surface area (Å²) in [5, 5.41) is 11.0. The molecule has 0 saturated heterocycles. The Balaban J connectivity index is 2.04. The third-order valence-corrected chi connectivity index (χ3v) is 6.33. The summed E-state index contributed by atoms with van der Waals surface area (Å²) in [6.45, 7) is 6.52. The molecule has 0 saturated carbocycles. The van der Waals surface area contributed by atoms with Gasteiger partial charge in [-0.05, 0) is 79.3 Å². The first-order valence-electron chi connectivity index (χ1n) is 10.7. The van der Waals surface area contributed by atoms with E-state index in [0.29, 0.717) is 35.2 Å². The van der Waals surface area contributed by atoms with E-state index in [-0.39, 0.29) is 23.0 Å². The van der Waals surface area contributed by atoms with Gasteiger partial charge in [0.15, 0.2) is 11.5 Å². The van der Waals surface area contributed by atoms with Crippen LogP contribution in [-0.4, -0.2) is 41.8 Å². The number of carbonyl (C=O) groups is 2. The second-order valence-corrected chi connectivity index (χ2v) is 9.03. The molecule has 3 rings (SSSR count). The van der Waals surface area contributed by atoms with Crippen LogP contribution in [0.4, 0.5) is 0 Å². The topological polar surface area (TPSA) is 94.4 Å². The van der Waals surface area contributed by atoms with Crippen LogP contribution in [0.25, 0.3) is 6.08 Å². The Bertz CT molecular complexity index is 1170. The quantitative estimate of drug-likeness (QED) is 0.306. The minimum Gasteiger partial charge on any atom is -0.506 e. The highest BCUT2D eigenvalue weighted by Gasteiger charge is 2.34. The Morgan fingerprint density at radius 2 is 1.76 bits per heavy atom. The molecule has 1 aliphatic heterocycles. The fourth-order valence-electron chi connectivity index (χ4n) is 3.10. The van der Waals surface area contributed by atoms with Gasteiger partial charge in [0.25, 0.3) is 5.91 Å². The molecule has 0 radical (unpaired) electrons. The zero-order chi connectivity index (χ0) is 24.7. The molecule has 9 heteroatoms. The summed E-state index contributed by atoms with van der Waals surface area (Å²) in [5.41, 5.74) is 0.968. The van der Waals surface area contributed by atoms with Gasteiger partial charge in [-0.3, -0.25) is 4.79 Å². The minimum atomic E-state index is -0.744. The van der Waals surface area contributed by atoms with Crippen LogP contribution in [0.1, 0.15) is 36.7 Å². The van der Waals surface area contributed by atoms with E-state index in [1.807, 2.05) is 19.9 Å². The summed E-state index contributed by atoms with van der Waals surface area (Å²) in [4.78, 5) is 29.7. The van der Waals surface area contributed by atoms with Gasteiger partial charge in [0.1, 0.15) is 16.4 Å². The van der Waals surface area contributed by atoms with Crippen LogP contribution in [0, 0.1) is 3.57 Å². The Kier molecular flexibility index (Phi) is 9.17. The van der Waals surface area contributed by atoms with Crippen molar-refractivity contribution in [3.05, 3.63) is 73.4 Å². The molecule has 0 aliphatic carbocycles. The number of nitrogens with zero attached hydrogens (tertiary/aromatic N) is 1. The number of aliphatic imine (C=N–C) groups is 1. The highest BCUT2D eigenvalue weighted by molar-refractivity contribution is 14.1. The molecule has 1 N–H and O–H groups in total. The van der Waals surface area contributed by atoms with Gasteiger partial charge in [0.05, 0.1) is 28.3 Å². The second kappa shape index (κ2) is 12.1. The van der Waals surface area contributed by atoms with Crippen molar-refractivity contribution in [2.45, 2.75) is 20.8 Å². The molecule has 34 heavy (non-hydrogen) atoms. The number of hydrogen-bond donors (Lipinski definition) is 1. The molecule has 0 spiro atoms. The summed E-state index contributed by atoms with van der Waals surface area (Å²) >= 11 is 3.19. The molecule has 1 amide bonds. The molecule has 0 aromatic heterocycles. The molecule has 7 nitrogen and oxygen atoms in total. The standard InChI is InChI=1S/C25H24INO6S/c1-4-31-18-13-15(12-17(26)22(18)32-5-2)14-19-21(28)20(25(30)33-6-3)24(34-19)27-23(29)16-10-8-7-9-11-16/h7-14,28H,4-6H2,1-3H3/b19-14-,27-24?. The zero-order valence-electron chi connectivity index (χ0n) is 19.0. The summed E-state index contributed by atoms with van der Waals surface area (Å²) < 4.78 is 17.4. The SMILES string of the molecule is CCOC(=O)C1=C(O)/C(=C/c2cc(I)c(OCC)c(OCC)c2)SC1=NC(=O)c1ccccc1. The number of halogens is 1. The number of rotatable bonds is 8. The molecule has 1 heterocycles. The fourth-order valence-corrected chi connectivity index (χ4v) is 4.89. The summed E-state index contributed by atoms with van der Waals surface area (Å²) in [6, 6.07) is 12.2. The smallest absolute Gasteiger partial charge is 0.344 e. The van der Waals surface area contributed by atoms with E-state index in [9.17, 15) is 14.7 Å². The summed E-state index contributed by atoms with van der Waals surface area (Å²) in [7, 11) is 0. The van der Waals surface area contributed by atoms with Gasteiger partial charge in [-0.2, -0.15) is 0 Å². The number of aliphatic hydroxyl groups is 1. The minimum absolute atomic E-state index is 0.0849. The largest absolute Gasteiger partial charge is 0.506 e. The average molecular weight is 593 g/mol. The van der Waals surface area contributed by atoms with Gasteiger partial charge in [-0.1, -0.05) is 30.0 Å². The number of hydrogen-bond acceptors (Lipinski definition) is 7. The molecule has 2 aromatic rings. The van der Waals surface area contributed by atoms with Gasteiger partial charge in [-0.15, -0.1) is 0 Å². The second-order valence-electron chi connectivity index (χ2n) is 6.84. The van der Waals surface area contributed by atoms with Crippen molar-refractivity contribution in [3.63, 3.8) is 0 Å². The number of thioether (sulfide) groups is 1. The van der Waals surface area contributed by atoms with Crippen molar-refractivity contribution in [3.8, 4) is 11.5 Å². The average Bonchev–Trinajstić information content (AvgIpc) is 3.11. The molecular weight excluding hydrogens is 569 g/mol. The lowest BCUT2D eigenvalue weighted by Gasteiger charge is -2.13. The molecule has 0 fully saturated rings. The maximum absolute atomic E-state index is 12.7. The van der Waals surface area contributed by atoms with Gasteiger partial charge in [-0.25, -0.2) is 9.79 Å². The van der Waals surface area contributed by atoms with E-state index in [1.165, 1.54) is 0 Å². The van der Waals surface area contributed by atoms with Crippen molar-refractivity contribution in [1.29, 1.82) is 0 Å². The Morgan fingerprint density at radius 3 is 2.41 bits per heavy atom. The molecule has 0 atom stereocenters. The number of carbonyl (C=O) groups excluding carboxylic acids is 2. The Morgan fingerprint density at radius 1 is 1.06 bits per heavy atom.